The van der Waals surface area contributed by atoms with E-state index >= 15 is 0 Å². The summed E-state index contributed by atoms with van der Waals surface area (Å²) in [5, 5.41) is 13.3. The van der Waals surface area contributed by atoms with Gasteiger partial charge < -0.3 is 9.47 Å². The first-order chi connectivity index (χ1) is 10.7. The van der Waals surface area contributed by atoms with Crippen LogP contribution in [0.1, 0.15) is 5.56 Å². The summed E-state index contributed by atoms with van der Waals surface area (Å²) in [5.74, 6) is 1.05. The Morgan fingerprint density at radius 2 is 2.09 bits per heavy atom. The zero-order chi connectivity index (χ0) is 15.8. The van der Waals surface area contributed by atoms with Gasteiger partial charge in [0.2, 0.25) is 0 Å². The number of anilines is 1. The third kappa shape index (κ3) is 4.14. The third-order valence-corrected chi connectivity index (χ3v) is 3.08. The molecule has 2 rings (SSSR count). The minimum absolute atomic E-state index is 0.0299. The largest absolute Gasteiger partial charge is 0.493 e. The smallest absolute Gasteiger partial charge is 0.174 e. The van der Waals surface area contributed by atoms with Crippen molar-refractivity contribution >= 4 is 23.5 Å². The minimum Gasteiger partial charge on any atom is -0.493 e. The van der Waals surface area contributed by atoms with Crippen LogP contribution in [0.3, 0.4) is 0 Å². The first kappa shape index (κ1) is 15.7. The summed E-state index contributed by atoms with van der Waals surface area (Å²) in [5.41, 5.74) is 4.41. The summed E-state index contributed by atoms with van der Waals surface area (Å²) in [6.45, 7) is -0.0299. The standard InChI is InChI=1S/C16H14ClN3O2/c1-21-16-10-12(6-7-15(16)22-9-8-18)11-19-20-14-5-3-2-4-13(14)17/h2-7,10-11,20H,9H2,1H3/b19-11-. The molecule has 0 aliphatic heterocycles. The topological polar surface area (TPSA) is 66.6 Å². The van der Waals surface area contributed by atoms with Gasteiger partial charge in [0, 0.05) is 0 Å². The molecule has 0 saturated carbocycles. The van der Waals surface area contributed by atoms with Crippen molar-refractivity contribution in [1.29, 1.82) is 5.26 Å². The number of rotatable bonds is 6. The van der Waals surface area contributed by atoms with Crippen LogP contribution in [0.5, 0.6) is 11.5 Å². The lowest BCUT2D eigenvalue weighted by Crippen LogP contribution is -1.98. The second kappa shape index (κ2) is 7.91. The van der Waals surface area contributed by atoms with Crippen LogP contribution in [-0.2, 0) is 0 Å². The summed E-state index contributed by atoms with van der Waals surface area (Å²) in [7, 11) is 1.54. The number of hydrazone groups is 1. The monoisotopic (exact) mass is 315 g/mol. The van der Waals surface area contributed by atoms with Crippen molar-refractivity contribution < 1.29 is 9.47 Å². The Bertz CT molecular complexity index is 711. The number of hydrogen-bond acceptors (Lipinski definition) is 5. The van der Waals surface area contributed by atoms with Gasteiger partial charge in [-0.15, -0.1) is 0 Å². The minimum atomic E-state index is -0.0299. The summed E-state index contributed by atoms with van der Waals surface area (Å²) >= 11 is 6.02. The Morgan fingerprint density at radius 3 is 2.82 bits per heavy atom. The molecule has 112 valence electrons. The lowest BCUT2D eigenvalue weighted by Gasteiger charge is -2.08. The highest BCUT2D eigenvalue weighted by Gasteiger charge is 2.04. The van der Waals surface area contributed by atoms with E-state index in [0.29, 0.717) is 16.5 Å². The van der Waals surface area contributed by atoms with E-state index in [2.05, 4.69) is 10.5 Å². The van der Waals surface area contributed by atoms with Gasteiger partial charge in [0.25, 0.3) is 0 Å². The van der Waals surface area contributed by atoms with Gasteiger partial charge in [0.1, 0.15) is 6.07 Å². The van der Waals surface area contributed by atoms with Crippen LogP contribution >= 0.6 is 11.6 Å². The first-order valence-electron chi connectivity index (χ1n) is 6.46. The van der Waals surface area contributed by atoms with Crippen LogP contribution in [0.2, 0.25) is 5.02 Å². The van der Waals surface area contributed by atoms with E-state index in [9.17, 15) is 0 Å². The van der Waals surface area contributed by atoms with Crippen molar-refractivity contribution in [1.82, 2.24) is 0 Å². The van der Waals surface area contributed by atoms with Crippen molar-refractivity contribution in [2.24, 2.45) is 5.10 Å². The first-order valence-corrected chi connectivity index (χ1v) is 6.84. The Labute approximate surface area is 133 Å². The number of halogens is 1. The number of nitrogens with zero attached hydrogens (tertiary/aromatic N) is 2. The number of nitriles is 1. The normalized spacial score (nSPS) is 10.2. The maximum absolute atomic E-state index is 8.54. The number of nitrogens with one attached hydrogen (secondary N) is 1. The van der Waals surface area contributed by atoms with Crippen LogP contribution in [-0.4, -0.2) is 19.9 Å². The molecule has 0 amide bonds. The molecule has 2 aromatic rings. The van der Waals surface area contributed by atoms with Gasteiger partial charge in [-0.1, -0.05) is 23.7 Å². The number of benzene rings is 2. The molecule has 0 fully saturated rings. The van der Waals surface area contributed by atoms with Crippen LogP contribution in [0, 0.1) is 11.3 Å². The summed E-state index contributed by atoms with van der Waals surface area (Å²) in [6.07, 6.45) is 1.64. The lowest BCUT2D eigenvalue weighted by atomic mass is 10.2. The molecule has 0 radical (unpaired) electrons. The molecule has 0 atom stereocenters. The van der Waals surface area contributed by atoms with E-state index in [1.54, 1.807) is 24.4 Å². The van der Waals surface area contributed by atoms with Crippen LogP contribution in [0.4, 0.5) is 5.69 Å². The van der Waals surface area contributed by atoms with Crippen molar-refractivity contribution in [2.45, 2.75) is 0 Å². The molecule has 22 heavy (non-hydrogen) atoms. The molecule has 0 bridgehead atoms. The lowest BCUT2D eigenvalue weighted by molar-refractivity contribution is 0.329. The molecule has 0 heterocycles. The van der Waals surface area contributed by atoms with Crippen LogP contribution in [0.15, 0.2) is 47.6 Å². The van der Waals surface area contributed by atoms with Gasteiger partial charge in [0.15, 0.2) is 18.1 Å². The predicted octanol–water partition coefficient (Wildman–Crippen LogP) is 3.70. The van der Waals surface area contributed by atoms with Crippen molar-refractivity contribution in [3.8, 4) is 17.6 Å². The molecule has 0 aliphatic rings. The molecule has 0 saturated heterocycles. The molecule has 0 unspecified atom stereocenters. The van der Waals surface area contributed by atoms with Crippen molar-refractivity contribution in [3.63, 3.8) is 0 Å². The van der Waals surface area contributed by atoms with E-state index in [1.165, 1.54) is 7.11 Å². The van der Waals surface area contributed by atoms with E-state index in [4.69, 9.17) is 26.3 Å². The fourth-order valence-electron chi connectivity index (χ4n) is 1.72. The fourth-order valence-corrected chi connectivity index (χ4v) is 1.90. The van der Waals surface area contributed by atoms with E-state index in [-0.39, 0.29) is 6.61 Å². The summed E-state index contributed by atoms with van der Waals surface area (Å²) < 4.78 is 10.5. The molecule has 6 heteroatoms. The van der Waals surface area contributed by atoms with Crippen LogP contribution in [0.25, 0.3) is 0 Å². The molecule has 1 N–H and O–H groups in total. The summed E-state index contributed by atoms with van der Waals surface area (Å²) in [4.78, 5) is 0. The highest BCUT2D eigenvalue weighted by atomic mass is 35.5. The Balaban J connectivity index is 2.08. The Hall–Kier alpha value is -2.71. The SMILES string of the molecule is COc1cc(/C=N\Nc2ccccc2Cl)ccc1OCC#N. The molecular formula is C16H14ClN3O2. The molecular weight excluding hydrogens is 302 g/mol. The molecule has 0 aliphatic carbocycles. The Morgan fingerprint density at radius 1 is 1.27 bits per heavy atom. The Kier molecular flexibility index (Phi) is 5.64. The molecule has 5 nitrogen and oxygen atoms in total. The second-order valence-corrected chi connectivity index (χ2v) is 4.61. The van der Waals surface area contributed by atoms with Gasteiger partial charge in [0.05, 0.1) is 24.0 Å². The highest BCUT2D eigenvalue weighted by molar-refractivity contribution is 6.33. The zero-order valence-electron chi connectivity index (χ0n) is 11.9. The number of hydrogen-bond donors (Lipinski definition) is 1. The quantitative estimate of drug-likeness (QED) is 0.652. The maximum Gasteiger partial charge on any atom is 0.174 e. The number of ether oxygens (including phenoxy) is 2. The molecule has 0 aromatic heterocycles. The third-order valence-electron chi connectivity index (χ3n) is 2.75. The van der Waals surface area contributed by atoms with Gasteiger partial charge in [-0.25, -0.2) is 0 Å². The average Bonchev–Trinajstić information content (AvgIpc) is 2.55. The molecule has 2 aromatic carbocycles. The van der Waals surface area contributed by atoms with Crippen molar-refractivity contribution in [3.05, 3.63) is 53.1 Å². The van der Waals surface area contributed by atoms with E-state index in [1.807, 2.05) is 30.3 Å². The van der Waals surface area contributed by atoms with E-state index in [0.717, 1.165) is 11.3 Å². The number of methoxy groups -OCH3 is 1. The second-order valence-electron chi connectivity index (χ2n) is 4.21. The van der Waals surface area contributed by atoms with Gasteiger partial charge in [-0.3, -0.25) is 5.43 Å². The zero-order valence-corrected chi connectivity index (χ0v) is 12.7. The van der Waals surface area contributed by atoms with Gasteiger partial charge in [-0.2, -0.15) is 10.4 Å². The average molecular weight is 316 g/mol. The van der Waals surface area contributed by atoms with Crippen molar-refractivity contribution in [2.75, 3.05) is 19.1 Å². The maximum atomic E-state index is 8.54. The summed E-state index contributed by atoms with van der Waals surface area (Å²) in [6, 6.07) is 14.6. The van der Waals surface area contributed by atoms with E-state index < -0.39 is 0 Å². The number of para-hydroxylation sites is 1. The highest BCUT2D eigenvalue weighted by Crippen LogP contribution is 2.27. The fraction of sp³-hybridized carbons (Fsp3) is 0.125. The predicted molar refractivity (Wildman–Crippen MR) is 86.8 cm³/mol. The van der Waals surface area contributed by atoms with Gasteiger partial charge >= 0.3 is 0 Å². The molecule has 0 spiro atoms. The van der Waals surface area contributed by atoms with Gasteiger partial charge in [-0.05, 0) is 35.9 Å². The van der Waals surface area contributed by atoms with Crippen LogP contribution < -0.4 is 14.9 Å².